The number of nitrogens with zero attached hydrogens (tertiary/aromatic N) is 1. The summed E-state index contributed by atoms with van der Waals surface area (Å²) in [5.74, 6) is -1.79. The molecule has 0 atom stereocenters. The van der Waals surface area contributed by atoms with Gasteiger partial charge in [0.1, 0.15) is 11.4 Å². The normalized spacial score (nSPS) is 12.5. The van der Waals surface area contributed by atoms with E-state index in [-0.39, 0.29) is 6.07 Å². The average molecular weight is 270 g/mol. The highest BCUT2D eigenvalue weighted by Crippen LogP contribution is 2.29. The number of hydrogen-bond donors (Lipinski definition) is 2. The molecule has 0 bridgehead atoms. The molecule has 10 heteroatoms. The van der Waals surface area contributed by atoms with E-state index in [0.29, 0.717) is 6.07 Å². The van der Waals surface area contributed by atoms with Crippen molar-refractivity contribution in [1.29, 1.82) is 0 Å². The van der Waals surface area contributed by atoms with Crippen molar-refractivity contribution in [1.82, 2.24) is 4.98 Å². The number of hydrogen-bond acceptors (Lipinski definition) is 4. The van der Waals surface area contributed by atoms with Crippen molar-refractivity contribution in [3.05, 3.63) is 23.5 Å². The summed E-state index contributed by atoms with van der Waals surface area (Å²) in [6.07, 6.45) is -4.97. The Kier molecular flexibility index (Phi) is 3.12. The Bertz CT molecular complexity index is 567. The van der Waals surface area contributed by atoms with Crippen LogP contribution in [0.25, 0.3) is 0 Å². The van der Waals surface area contributed by atoms with Crippen LogP contribution in [-0.4, -0.2) is 24.5 Å². The first-order valence-corrected chi connectivity index (χ1v) is 5.42. The summed E-state index contributed by atoms with van der Waals surface area (Å²) >= 11 is 0. The van der Waals surface area contributed by atoms with E-state index in [1.54, 1.807) is 0 Å². The molecule has 0 unspecified atom stereocenters. The van der Waals surface area contributed by atoms with Crippen LogP contribution in [0.2, 0.25) is 0 Å². The van der Waals surface area contributed by atoms with Gasteiger partial charge in [0, 0.05) is 0 Å². The molecule has 1 rings (SSSR count). The third-order valence-electron chi connectivity index (χ3n) is 1.64. The first-order valence-electron chi connectivity index (χ1n) is 3.87. The molecular weight excluding hydrogens is 265 g/mol. The topological polar surface area (TPSA) is 110 Å². The summed E-state index contributed by atoms with van der Waals surface area (Å²) in [4.78, 5) is 12.3. The molecule has 94 valence electrons. The summed E-state index contributed by atoms with van der Waals surface area (Å²) in [6.45, 7) is 0. The van der Waals surface area contributed by atoms with E-state index in [9.17, 15) is 26.4 Å². The molecule has 0 aliphatic rings. The van der Waals surface area contributed by atoms with Gasteiger partial charge >= 0.3 is 12.1 Å². The molecule has 0 saturated carbocycles. The van der Waals surface area contributed by atoms with Gasteiger partial charge in [-0.1, -0.05) is 0 Å². The van der Waals surface area contributed by atoms with Gasteiger partial charge in [-0.25, -0.2) is 23.3 Å². The van der Waals surface area contributed by atoms with Crippen LogP contribution < -0.4 is 5.14 Å². The highest BCUT2D eigenvalue weighted by Gasteiger charge is 2.34. The molecule has 0 aromatic carbocycles. The van der Waals surface area contributed by atoms with Gasteiger partial charge in [-0.05, 0) is 12.1 Å². The first-order chi connectivity index (χ1) is 7.51. The van der Waals surface area contributed by atoms with Crippen LogP contribution in [0.4, 0.5) is 13.2 Å². The number of carboxylic acids is 1. The van der Waals surface area contributed by atoms with E-state index in [1.165, 1.54) is 0 Å². The van der Waals surface area contributed by atoms with Crippen molar-refractivity contribution >= 4 is 16.0 Å². The van der Waals surface area contributed by atoms with Crippen LogP contribution in [0.15, 0.2) is 17.0 Å². The maximum absolute atomic E-state index is 12.3. The second-order valence-corrected chi connectivity index (χ2v) is 4.48. The van der Waals surface area contributed by atoms with Crippen LogP contribution in [0.3, 0.4) is 0 Å². The average Bonchev–Trinajstić information content (AvgIpc) is 2.14. The molecule has 3 N–H and O–H groups in total. The number of primary sulfonamides is 1. The molecule has 0 aliphatic heterocycles. The Morgan fingerprint density at radius 1 is 1.35 bits per heavy atom. The van der Waals surface area contributed by atoms with Crippen LogP contribution >= 0.6 is 0 Å². The number of sulfonamides is 1. The maximum atomic E-state index is 12.3. The fourth-order valence-electron chi connectivity index (χ4n) is 0.925. The van der Waals surface area contributed by atoms with Crippen LogP contribution in [0.1, 0.15) is 16.2 Å². The fourth-order valence-corrected chi connectivity index (χ4v) is 1.48. The number of halogens is 3. The molecule has 0 saturated heterocycles. The quantitative estimate of drug-likeness (QED) is 0.810. The number of pyridine rings is 1. The summed E-state index contributed by atoms with van der Waals surface area (Å²) in [7, 11) is -4.44. The number of rotatable bonds is 2. The minimum Gasteiger partial charge on any atom is -0.477 e. The Morgan fingerprint density at radius 2 is 1.88 bits per heavy atom. The first kappa shape index (κ1) is 13.4. The predicted octanol–water partition coefficient (Wildman–Crippen LogP) is 0.446. The SMILES string of the molecule is NS(=O)(=O)c1cc(C(=O)O)nc(C(F)(F)F)c1. The molecule has 1 heterocycles. The second kappa shape index (κ2) is 3.96. The van der Waals surface area contributed by atoms with Gasteiger partial charge in [0.15, 0.2) is 0 Å². The predicted molar refractivity (Wildman–Crippen MR) is 47.6 cm³/mol. The van der Waals surface area contributed by atoms with Gasteiger partial charge in [0.25, 0.3) is 0 Å². The zero-order valence-electron chi connectivity index (χ0n) is 7.89. The minimum absolute atomic E-state index is 0.168. The number of alkyl halides is 3. The Morgan fingerprint density at radius 3 is 2.24 bits per heavy atom. The molecule has 0 fully saturated rings. The monoisotopic (exact) mass is 270 g/mol. The molecule has 1 aromatic rings. The number of aromatic nitrogens is 1. The molecule has 1 aromatic heterocycles. The van der Waals surface area contributed by atoms with Gasteiger partial charge in [-0.15, -0.1) is 0 Å². The molecule has 0 aliphatic carbocycles. The van der Waals surface area contributed by atoms with Crippen molar-refractivity contribution in [2.75, 3.05) is 0 Å². The molecule has 0 radical (unpaired) electrons. The number of nitrogens with two attached hydrogens (primary N) is 1. The van der Waals surface area contributed by atoms with Crippen LogP contribution in [-0.2, 0) is 16.2 Å². The lowest BCUT2D eigenvalue weighted by molar-refractivity contribution is -0.141. The second-order valence-electron chi connectivity index (χ2n) is 2.92. The van der Waals surface area contributed by atoms with Crippen LogP contribution in [0.5, 0.6) is 0 Å². The van der Waals surface area contributed by atoms with E-state index < -0.39 is 38.5 Å². The molecule has 6 nitrogen and oxygen atoms in total. The molecule has 17 heavy (non-hydrogen) atoms. The summed E-state index contributed by atoms with van der Waals surface area (Å²) in [6, 6.07) is 0.620. The maximum Gasteiger partial charge on any atom is 0.433 e. The lowest BCUT2D eigenvalue weighted by Crippen LogP contribution is -2.18. The van der Waals surface area contributed by atoms with Gasteiger partial charge in [0.2, 0.25) is 10.0 Å². The van der Waals surface area contributed by atoms with Gasteiger partial charge < -0.3 is 5.11 Å². The van der Waals surface area contributed by atoms with E-state index in [0.717, 1.165) is 0 Å². The standard InChI is InChI=1S/C7H5F3N2O4S/c8-7(9,10)5-2-3(17(11,15)16)1-4(12-5)6(13)14/h1-2H,(H,13,14)(H2,11,15,16). The summed E-state index contributed by atoms with van der Waals surface area (Å²) < 4.78 is 58.7. The third-order valence-corrected chi connectivity index (χ3v) is 2.53. The van der Waals surface area contributed by atoms with E-state index in [2.05, 4.69) is 10.1 Å². The summed E-state index contributed by atoms with van der Waals surface area (Å²) in [5.41, 5.74) is -2.69. The lowest BCUT2D eigenvalue weighted by atomic mass is 10.3. The number of aromatic carboxylic acids is 1. The highest BCUT2D eigenvalue weighted by molar-refractivity contribution is 7.89. The van der Waals surface area contributed by atoms with Gasteiger partial charge in [0.05, 0.1) is 4.90 Å². The van der Waals surface area contributed by atoms with Gasteiger partial charge in [-0.2, -0.15) is 13.2 Å². The van der Waals surface area contributed by atoms with Crippen molar-refractivity contribution in [3.8, 4) is 0 Å². The van der Waals surface area contributed by atoms with E-state index in [1.807, 2.05) is 0 Å². The Labute approximate surface area is 92.9 Å². The van der Waals surface area contributed by atoms with E-state index in [4.69, 9.17) is 5.11 Å². The van der Waals surface area contributed by atoms with Crippen LogP contribution in [0, 0.1) is 0 Å². The third kappa shape index (κ3) is 3.14. The molecular formula is C7H5F3N2O4S. The number of carboxylic acid groups (broad SMARTS) is 1. The molecule has 0 amide bonds. The smallest absolute Gasteiger partial charge is 0.433 e. The largest absolute Gasteiger partial charge is 0.477 e. The van der Waals surface area contributed by atoms with Crippen molar-refractivity contribution < 1.29 is 31.5 Å². The summed E-state index contributed by atoms with van der Waals surface area (Å²) in [5, 5.41) is 13.1. The van der Waals surface area contributed by atoms with Crippen molar-refractivity contribution in [2.24, 2.45) is 5.14 Å². The lowest BCUT2D eigenvalue weighted by Gasteiger charge is -2.08. The Balaban J connectivity index is 3.56. The minimum atomic E-state index is -4.97. The van der Waals surface area contributed by atoms with E-state index >= 15 is 0 Å². The number of carbonyl (C=O) groups is 1. The molecule has 0 spiro atoms. The van der Waals surface area contributed by atoms with Gasteiger partial charge in [-0.3, -0.25) is 0 Å². The van der Waals surface area contributed by atoms with Crippen molar-refractivity contribution in [2.45, 2.75) is 11.1 Å². The zero-order chi connectivity index (χ0) is 13.4. The fraction of sp³-hybridized carbons (Fsp3) is 0.143. The van der Waals surface area contributed by atoms with Crippen molar-refractivity contribution in [3.63, 3.8) is 0 Å². The zero-order valence-corrected chi connectivity index (χ0v) is 8.71. The Hall–Kier alpha value is -1.68. The highest BCUT2D eigenvalue weighted by atomic mass is 32.2.